The number of aromatic nitrogens is 3. The van der Waals surface area contributed by atoms with Gasteiger partial charge >= 0.3 is 0 Å². The summed E-state index contributed by atoms with van der Waals surface area (Å²) in [5, 5.41) is 11.4. The summed E-state index contributed by atoms with van der Waals surface area (Å²) in [4.78, 5) is 6.75. The smallest absolute Gasteiger partial charge is 0.249 e. The van der Waals surface area contributed by atoms with Gasteiger partial charge in [-0.25, -0.2) is 0 Å². The van der Waals surface area contributed by atoms with E-state index in [9.17, 15) is 0 Å². The first-order valence-corrected chi connectivity index (χ1v) is 9.24. The molecular weight excluding hydrogens is 370 g/mol. The minimum atomic E-state index is 0.378. The molecule has 0 bridgehead atoms. The molecule has 8 nitrogen and oxygen atoms in total. The van der Waals surface area contributed by atoms with Crippen LogP contribution in [0.5, 0.6) is 17.2 Å². The zero-order valence-electron chi connectivity index (χ0n) is 17.0. The molecule has 1 N–H and O–H groups in total. The Morgan fingerprint density at radius 3 is 2.24 bits per heavy atom. The van der Waals surface area contributed by atoms with Gasteiger partial charge in [-0.3, -0.25) is 0 Å². The third-order valence-electron chi connectivity index (χ3n) is 4.39. The summed E-state index contributed by atoms with van der Waals surface area (Å²) >= 11 is 0. The Balaban J connectivity index is 1.84. The summed E-state index contributed by atoms with van der Waals surface area (Å²) < 4.78 is 16.1. The molecule has 0 fully saturated rings. The van der Waals surface area contributed by atoms with Gasteiger partial charge in [-0.15, -0.1) is 5.10 Å². The number of hydrogen-bond donors (Lipinski definition) is 1. The number of nitrogens with zero attached hydrogens (tertiary/aromatic N) is 4. The highest BCUT2D eigenvalue weighted by Crippen LogP contribution is 2.40. The van der Waals surface area contributed by atoms with Crippen LogP contribution >= 0.6 is 0 Å². The van der Waals surface area contributed by atoms with Crippen LogP contribution < -0.4 is 24.4 Å². The lowest BCUT2D eigenvalue weighted by Crippen LogP contribution is -2.23. The highest BCUT2D eigenvalue weighted by molar-refractivity contribution is 5.66. The molecule has 1 heterocycles. The fourth-order valence-corrected chi connectivity index (χ4v) is 2.94. The lowest BCUT2D eigenvalue weighted by molar-refractivity contribution is 0.324. The molecule has 8 heteroatoms. The molecule has 0 radical (unpaired) electrons. The fraction of sp³-hybridized carbons (Fsp3) is 0.286. The topological polar surface area (TPSA) is 81.6 Å². The van der Waals surface area contributed by atoms with E-state index in [0.29, 0.717) is 28.9 Å². The molecular formula is C21H25N5O3. The Hall–Kier alpha value is -3.55. The molecule has 0 aliphatic carbocycles. The van der Waals surface area contributed by atoms with E-state index in [2.05, 4.69) is 44.5 Å². The summed E-state index contributed by atoms with van der Waals surface area (Å²) in [7, 11) is 4.71. The van der Waals surface area contributed by atoms with Gasteiger partial charge in [0.1, 0.15) is 0 Å². The van der Waals surface area contributed by atoms with Gasteiger partial charge in [0.05, 0.1) is 27.5 Å². The van der Waals surface area contributed by atoms with Crippen molar-refractivity contribution in [2.75, 3.05) is 38.1 Å². The summed E-state index contributed by atoms with van der Waals surface area (Å²) in [6, 6.07) is 13.8. The highest BCUT2D eigenvalue weighted by Gasteiger charge is 2.15. The van der Waals surface area contributed by atoms with Crippen molar-refractivity contribution in [3.05, 3.63) is 54.2 Å². The first kappa shape index (κ1) is 20.2. The third-order valence-corrected chi connectivity index (χ3v) is 4.39. The van der Waals surface area contributed by atoms with Crippen LogP contribution in [0.25, 0.3) is 0 Å². The lowest BCUT2D eigenvalue weighted by Gasteiger charge is -2.22. The predicted molar refractivity (Wildman–Crippen MR) is 112 cm³/mol. The van der Waals surface area contributed by atoms with Crippen LogP contribution in [0.2, 0.25) is 0 Å². The van der Waals surface area contributed by atoms with Crippen LogP contribution in [0.4, 0.5) is 17.5 Å². The molecule has 29 heavy (non-hydrogen) atoms. The lowest BCUT2D eigenvalue weighted by atomic mass is 10.2. The Morgan fingerprint density at radius 2 is 1.66 bits per heavy atom. The van der Waals surface area contributed by atoms with Gasteiger partial charge in [-0.05, 0) is 12.5 Å². The Morgan fingerprint density at radius 1 is 0.966 bits per heavy atom. The van der Waals surface area contributed by atoms with Crippen LogP contribution in [-0.2, 0) is 6.54 Å². The number of benzene rings is 2. The monoisotopic (exact) mass is 395 g/mol. The zero-order chi connectivity index (χ0) is 20.6. The van der Waals surface area contributed by atoms with Gasteiger partial charge in [0.25, 0.3) is 0 Å². The molecule has 0 unspecified atom stereocenters. The molecule has 1 aromatic heterocycles. The van der Waals surface area contributed by atoms with E-state index in [-0.39, 0.29) is 0 Å². The fourth-order valence-electron chi connectivity index (χ4n) is 2.94. The number of methoxy groups -OCH3 is 3. The maximum Gasteiger partial charge on any atom is 0.249 e. The molecule has 0 aliphatic rings. The number of anilines is 3. The molecule has 2 aromatic carbocycles. The molecule has 3 aromatic rings. The third kappa shape index (κ3) is 4.84. The van der Waals surface area contributed by atoms with Crippen LogP contribution in [0.3, 0.4) is 0 Å². The summed E-state index contributed by atoms with van der Waals surface area (Å²) in [6.45, 7) is 3.61. The zero-order valence-corrected chi connectivity index (χ0v) is 17.0. The second-order valence-electron chi connectivity index (χ2n) is 6.18. The van der Waals surface area contributed by atoms with Crippen LogP contribution in [-0.4, -0.2) is 43.1 Å². The van der Waals surface area contributed by atoms with Crippen LogP contribution in [0.15, 0.2) is 48.7 Å². The molecule has 0 spiro atoms. The molecule has 0 saturated carbocycles. The summed E-state index contributed by atoms with van der Waals surface area (Å²) in [5.41, 5.74) is 1.90. The van der Waals surface area contributed by atoms with Crippen molar-refractivity contribution >= 4 is 17.5 Å². The van der Waals surface area contributed by atoms with E-state index in [1.165, 1.54) is 5.56 Å². The number of hydrogen-bond acceptors (Lipinski definition) is 8. The summed E-state index contributed by atoms with van der Waals surface area (Å²) in [6.07, 6.45) is 1.66. The van der Waals surface area contributed by atoms with Gasteiger partial charge < -0.3 is 24.4 Å². The van der Waals surface area contributed by atoms with Crippen molar-refractivity contribution in [1.82, 2.24) is 15.2 Å². The van der Waals surface area contributed by atoms with E-state index in [4.69, 9.17) is 14.2 Å². The minimum absolute atomic E-state index is 0.378. The molecule has 0 amide bonds. The van der Waals surface area contributed by atoms with E-state index in [0.717, 1.165) is 18.9 Å². The van der Waals surface area contributed by atoms with E-state index >= 15 is 0 Å². The number of ether oxygens (including phenoxy) is 3. The standard InChI is InChI=1S/C21H25N5O3/c1-5-26(14-15-9-7-6-8-10-15)19-13-22-25-21(24-19)23-16-11-17(27-2)20(29-4)18(12-16)28-3/h6-13H,5,14H2,1-4H3,(H,23,24,25). The van der Waals surface area contributed by atoms with Crippen LogP contribution in [0, 0.1) is 0 Å². The normalized spacial score (nSPS) is 10.3. The summed E-state index contributed by atoms with van der Waals surface area (Å²) in [5.74, 6) is 2.72. The van der Waals surface area contributed by atoms with Crippen LogP contribution in [0.1, 0.15) is 12.5 Å². The van der Waals surface area contributed by atoms with E-state index < -0.39 is 0 Å². The van der Waals surface area contributed by atoms with Gasteiger partial charge in [0.2, 0.25) is 11.7 Å². The molecule has 152 valence electrons. The SMILES string of the molecule is CCN(Cc1ccccc1)c1cnnc(Nc2cc(OC)c(OC)c(OC)c2)n1. The highest BCUT2D eigenvalue weighted by atomic mass is 16.5. The van der Waals surface area contributed by atoms with E-state index in [1.54, 1.807) is 39.7 Å². The predicted octanol–water partition coefficient (Wildman–Crippen LogP) is 3.67. The van der Waals surface area contributed by atoms with Crippen molar-refractivity contribution in [3.8, 4) is 17.2 Å². The maximum absolute atomic E-state index is 5.39. The van der Waals surface area contributed by atoms with Gasteiger partial charge in [0.15, 0.2) is 17.3 Å². The first-order valence-electron chi connectivity index (χ1n) is 9.24. The van der Waals surface area contributed by atoms with Crippen molar-refractivity contribution in [3.63, 3.8) is 0 Å². The molecule has 3 rings (SSSR count). The average Bonchev–Trinajstić information content (AvgIpc) is 2.77. The second kappa shape index (κ2) is 9.59. The average molecular weight is 395 g/mol. The Bertz CT molecular complexity index is 912. The van der Waals surface area contributed by atoms with Crippen molar-refractivity contribution in [2.45, 2.75) is 13.5 Å². The molecule has 0 atom stereocenters. The van der Waals surface area contributed by atoms with E-state index in [1.807, 2.05) is 18.2 Å². The van der Waals surface area contributed by atoms with Crippen molar-refractivity contribution in [1.29, 1.82) is 0 Å². The molecule has 0 saturated heterocycles. The largest absolute Gasteiger partial charge is 0.493 e. The minimum Gasteiger partial charge on any atom is -0.493 e. The Labute approximate surface area is 170 Å². The first-order chi connectivity index (χ1) is 14.2. The van der Waals surface area contributed by atoms with Gasteiger partial charge in [-0.2, -0.15) is 10.1 Å². The maximum atomic E-state index is 5.39. The number of nitrogens with one attached hydrogen (secondary N) is 1. The van der Waals surface area contributed by atoms with Gasteiger partial charge in [0, 0.05) is 30.9 Å². The van der Waals surface area contributed by atoms with Gasteiger partial charge in [-0.1, -0.05) is 30.3 Å². The molecule has 0 aliphatic heterocycles. The quantitative estimate of drug-likeness (QED) is 0.588. The Kier molecular flexibility index (Phi) is 6.67. The second-order valence-corrected chi connectivity index (χ2v) is 6.18. The number of rotatable bonds is 9. The van der Waals surface area contributed by atoms with Crippen molar-refractivity contribution < 1.29 is 14.2 Å². The van der Waals surface area contributed by atoms with Crippen molar-refractivity contribution in [2.24, 2.45) is 0 Å².